The molecular weight excluding hydrogens is 275 g/mol. The van der Waals surface area contributed by atoms with E-state index in [9.17, 15) is 18.0 Å². The SMILES string of the molecule is CCC(C)(CBr)NC(=O)CCC(F)(F)F. The van der Waals surface area contributed by atoms with E-state index in [4.69, 9.17) is 0 Å². The van der Waals surface area contributed by atoms with Gasteiger partial charge in [0.05, 0.1) is 6.42 Å². The number of amides is 1. The fourth-order valence-electron chi connectivity index (χ4n) is 0.871. The van der Waals surface area contributed by atoms with E-state index in [1.54, 1.807) is 6.92 Å². The molecule has 0 rings (SSSR count). The van der Waals surface area contributed by atoms with E-state index in [1.807, 2.05) is 6.92 Å². The summed E-state index contributed by atoms with van der Waals surface area (Å²) >= 11 is 3.21. The summed E-state index contributed by atoms with van der Waals surface area (Å²) in [5, 5.41) is 3.10. The molecule has 0 radical (unpaired) electrons. The number of rotatable bonds is 5. The lowest BCUT2D eigenvalue weighted by Gasteiger charge is -2.27. The predicted molar refractivity (Wildman–Crippen MR) is 55.9 cm³/mol. The average molecular weight is 290 g/mol. The Balaban J connectivity index is 4.04. The third-order valence-corrected chi connectivity index (χ3v) is 3.39. The second-order valence-corrected chi connectivity index (χ2v) is 4.27. The molecule has 1 N–H and O–H groups in total. The molecule has 0 aliphatic rings. The molecule has 0 fully saturated rings. The molecule has 15 heavy (non-hydrogen) atoms. The maximum Gasteiger partial charge on any atom is 0.389 e. The van der Waals surface area contributed by atoms with Gasteiger partial charge in [-0.05, 0) is 13.3 Å². The van der Waals surface area contributed by atoms with Gasteiger partial charge in [0.2, 0.25) is 5.91 Å². The lowest BCUT2D eigenvalue weighted by atomic mass is 10.0. The van der Waals surface area contributed by atoms with Gasteiger partial charge in [-0.25, -0.2) is 0 Å². The largest absolute Gasteiger partial charge is 0.389 e. The van der Waals surface area contributed by atoms with Gasteiger partial charge in [0, 0.05) is 17.3 Å². The maximum absolute atomic E-state index is 11.8. The van der Waals surface area contributed by atoms with Gasteiger partial charge in [-0.3, -0.25) is 4.79 Å². The van der Waals surface area contributed by atoms with Crippen molar-refractivity contribution in [3.63, 3.8) is 0 Å². The quantitative estimate of drug-likeness (QED) is 0.775. The van der Waals surface area contributed by atoms with Crippen LogP contribution in [0, 0.1) is 0 Å². The average Bonchev–Trinajstić information content (AvgIpc) is 2.13. The van der Waals surface area contributed by atoms with Gasteiger partial charge in [-0.2, -0.15) is 13.2 Å². The maximum atomic E-state index is 11.8. The van der Waals surface area contributed by atoms with Crippen molar-refractivity contribution in [1.29, 1.82) is 0 Å². The van der Waals surface area contributed by atoms with Gasteiger partial charge in [-0.1, -0.05) is 22.9 Å². The van der Waals surface area contributed by atoms with Gasteiger partial charge in [0.1, 0.15) is 0 Å². The molecule has 1 atom stereocenters. The molecule has 0 heterocycles. The summed E-state index contributed by atoms with van der Waals surface area (Å²) in [6.07, 6.45) is -5.18. The van der Waals surface area contributed by atoms with Crippen LogP contribution in [0.15, 0.2) is 0 Å². The number of alkyl halides is 4. The second-order valence-electron chi connectivity index (χ2n) is 3.71. The first-order chi connectivity index (χ1) is 6.72. The molecule has 1 amide bonds. The summed E-state index contributed by atoms with van der Waals surface area (Å²) in [4.78, 5) is 11.2. The zero-order valence-corrected chi connectivity index (χ0v) is 10.3. The molecule has 0 spiro atoms. The topological polar surface area (TPSA) is 29.1 Å². The van der Waals surface area contributed by atoms with Gasteiger partial charge in [0.25, 0.3) is 0 Å². The molecule has 6 heteroatoms. The minimum atomic E-state index is -4.27. The van der Waals surface area contributed by atoms with Crippen LogP contribution >= 0.6 is 15.9 Å². The Bertz CT molecular complexity index is 214. The molecule has 90 valence electrons. The first-order valence-corrected chi connectivity index (χ1v) is 5.78. The molecule has 0 saturated heterocycles. The van der Waals surface area contributed by atoms with Crippen LogP contribution in [-0.4, -0.2) is 23.0 Å². The Kier molecular flexibility index (Phi) is 5.62. The van der Waals surface area contributed by atoms with E-state index >= 15 is 0 Å². The molecule has 2 nitrogen and oxygen atoms in total. The highest BCUT2D eigenvalue weighted by molar-refractivity contribution is 9.09. The molecule has 0 aromatic carbocycles. The summed E-state index contributed by atoms with van der Waals surface area (Å²) in [5.74, 6) is -0.559. The number of hydrogen-bond acceptors (Lipinski definition) is 1. The van der Waals surface area contributed by atoms with E-state index < -0.39 is 30.5 Å². The molecule has 0 aromatic rings. The first kappa shape index (κ1) is 14.7. The van der Waals surface area contributed by atoms with E-state index in [2.05, 4.69) is 21.2 Å². The third kappa shape index (κ3) is 6.76. The Morgan fingerprint density at radius 3 is 2.27 bits per heavy atom. The van der Waals surface area contributed by atoms with Crippen LogP contribution in [0.1, 0.15) is 33.1 Å². The second kappa shape index (κ2) is 5.72. The fourth-order valence-corrected chi connectivity index (χ4v) is 1.41. The Morgan fingerprint density at radius 2 is 1.93 bits per heavy atom. The highest BCUT2D eigenvalue weighted by atomic mass is 79.9. The summed E-state index contributed by atoms with van der Waals surface area (Å²) in [6, 6.07) is 0. The number of hydrogen-bond donors (Lipinski definition) is 1. The van der Waals surface area contributed by atoms with Crippen LogP contribution in [0.3, 0.4) is 0 Å². The van der Waals surface area contributed by atoms with Gasteiger partial charge in [-0.15, -0.1) is 0 Å². The van der Waals surface area contributed by atoms with Crippen LogP contribution < -0.4 is 5.32 Å². The molecule has 0 aliphatic carbocycles. The van der Waals surface area contributed by atoms with Gasteiger partial charge < -0.3 is 5.32 Å². The summed E-state index contributed by atoms with van der Waals surface area (Å²) in [7, 11) is 0. The lowest BCUT2D eigenvalue weighted by Crippen LogP contribution is -2.47. The van der Waals surface area contributed by atoms with Gasteiger partial charge in [0.15, 0.2) is 0 Å². The van der Waals surface area contributed by atoms with Crippen molar-refractivity contribution in [2.45, 2.75) is 44.8 Å². The van der Waals surface area contributed by atoms with Crippen LogP contribution in [0.25, 0.3) is 0 Å². The number of halogens is 4. The predicted octanol–water partition coefficient (Wildman–Crippen LogP) is 3.01. The van der Waals surface area contributed by atoms with E-state index in [0.717, 1.165) is 0 Å². The standard InChI is InChI=1S/C9H15BrF3NO/c1-3-8(2,6-10)14-7(15)4-5-9(11,12)13/h3-6H2,1-2H3,(H,14,15). The van der Waals surface area contributed by atoms with Crippen molar-refractivity contribution in [2.24, 2.45) is 0 Å². The molecule has 0 saturated carbocycles. The Hall–Kier alpha value is -0.260. The highest BCUT2D eigenvalue weighted by Gasteiger charge is 2.29. The molecule has 0 aromatic heterocycles. The minimum absolute atomic E-state index is 0.470. The lowest BCUT2D eigenvalue weighted by molar-refractivity contribution is -0.144. The Labute approximate surface area is 95.7 Å². The minimum Gasteiger partial charge on any atom is -0.350 e. The third-order valence-electron chi connectivity index (χ3n) is 2.15. The molecule has 0 bridgehead atoms. The summed E-state index contributed by atoms with van der Waals surface area (Å²) in [5.41, 5.74) is -0.470. The van der Waals surface area contributed by atoms with E-state index in [-0.39, 0.29) is 0 Å². The van der Waals surface area contributed by atoms with E-state index in [0.29, 0.717) is 11.8 Å². The normalized spacial score (nSPS) is 15.9. The summed E-state index contributed by atoms with van der Waals surface area (Å²) < 4.78 is 35.5. The Morgan fingerprint density at radius 1 is 1.40 bits per heavy atom. The zero-order chi connectivity index (χ0) is 12.1. The van der Waals surface area contributed by atoms with Crippen molar-refractivity contribution in [3.05, 3.63) is 0 Å². The molecular formula is C9H15BrF3NO. The van der Waals surface area contributed by atoms with Crippen LogP contribution in [0.2, 0.25) is 0 Å². The van der Waals surface area contributed by atoms with Crippen LogP contribution in [0.4, 0.5) is 13.2 Å². The molecule has 0 aliphatic heterocycles. The van der Waals surface area contributed by atoms with E-state index in [1.165, 1.54) is 0 Å². The van der Waals surface area contributed by atoms with Crippen molar-refractivity contribution < 1.29 is 18.0 Å². The number of carbonyl (C=O) groups is 1. The monoisotopic (exact) mass is 289 g/mol. The van der Waals surface area contributed by atoms with Crippen LogP contribution in [0.5, 0.6) is 0 Å². The van der Waals surface area contributed by atoms with Crippen LogP contribution in [-0.2, 0) is 4.79 Å². The highest BCUT2D eigenvalue weighted by Crippen LogP contribution is 2.21. The smallest absolute Gasteiger partial charge is 0.350 e. The fraction of sp³-hybridized carbons (Fsp3) is 0.889. The molecule has 1 unspecified atom stereocenters. The van der Waals surface area contributed by atoms with Crippen molar-refractivity contribution in [3.8, 4) is 0 Å². The van der Waals surface area contributed by atoms with Crippen molar-refractivity contribution >= 4 is 21.8 Å². The van der Waals surface area contributed by atoms with Crippen molar-refractivity contribution in [2.75, 3.05) is 5.33 Å². The first-order valence-electron chi connectivity index (χ1n) is 4.66. The zero-order valence-electron chi connectivity index (χ0n) is 8.75. The summed E-state index contributed by atoms with van der Waals surface area (Å²) in [6.45, 7) is 3.65. The number of nitrogens with one attached hydrogen (secondary N) is 1. The number of carbonyl (C=O) groups excluding carboxylic acids is 1. The van der Waals surface area contributed by atoms with Crippen molar-refractivity contribution in [1.82, 2.24) is 5.32 Å². The van der Waals surface area contributed by atoms with Gasteiger partial charge >= 0.3 is 6.18 Å².